The molecule has 2 heterocycles. The molecule has 1 N–H and O–H groups in total. The van der Waals surface area contributed by atoms with Gasteiger partial charge in [-0.2, -0.15) is 11.3 Å². The third-order valence-electron chi connectivity index (χ3n) is 2.19. The molecular formula is C10H9ClN2O2S. The summed E-state index contributed by atoms with van der Waals surface area (Å²) in [6.45, 7) is 0.363. The number of hydrogen-bond acceptors (Lipinski definition) is 3. The Labute approximate surface area is 100 Å². The van der Waals surface area contributed by atoms with E-state index in [-0.39, 0.29) is 10.7 Å². The van der Waals surface area contributed by atoms with E-state index in [0.717, 1.165) is 10.1 Å². The lowest BCUT2D eigenvalue weighted by molar-refractivity contribution is 0.628. The maximum absolute atomic E-state index is 11.5. The van der Waals surface area contributed by atoms with E-state index < -0.39 is 5.69 Å². The Morgan fingerprint density at radius 3 is 2.88 bits per heavy atom. The molecule has 0 aliphatic heterocycles. The molecule has 0 spiro atoms. The smallest absolute Gasteiger partial charge is 0.298 e. The van der Waals surface area contributed by atoms with Gasteiger partial charge >= 0.3 is 5.69 Å². The lowest BCUT2D eigenvalue weighted by atomic mass is 10.2. The zero-order valence-electron chi connectivity index (χ0n) is 8.27. The molecule has 4 nitrogen and oxygen atoms in total. The molecular weight excluding hydrogens is 248 g/mol. The van der Waals surface area contributed by atoms with Gasteiger partial charge < -0.3 is 0 Å². The Morgan fingerprint density at radius 1 is 1.44 bits per heavy atom. The molecule has 0 aliphatic carbocycles. The van der Waals surface area contributed by atoms with Crippen LogP contribution in [0.5, 0.6) is 0 Å². The van der Waals surface area contributed by atoms with Crippen molar-refractivity contribution < 1.29 is 0 Å². The average molecular weight is 257 g/mol. The standard InChI is InChI=1S/C10H9ClN2O2S/c11-8-5-9(14)13(10(15)12-8)3-1-7-2-4-16-6-7/h2,4-6H,1,3H2,(H,12,15). The number of H-pyrrole nitrogens is 1. The zero-order valence-corrected chi connectivity index (χ0v) is 9.85. The molecule has 0 bridgehead atoms. The van der Waals surface area contributed by atoms with E-state index in [4.69, 9.17) is 11.6 Å². The molecule has 2 rings (SSSR count). The minimum Gasteiger partial charge on any atom is -0.298 e. The number of nitrogens with zero attached hydrogens (tertiary/aromatic N) is 1. The number of rotatable bonds is 3. The summed E-state index contributed by atoms with van der Waals surface area (Å²) >= 11 is 7.15. The van der Waals surface area contributed by atoms with Crippen molar-refractivity contribution in [2.45, 2.75) is 13.0 Å². The maximum atomic E-state index is 11.5. The van der Waals surface area contributed by atoms with Crippen LogP contribution in [0.15, 0.2) is 32.5 Å². The number of hydrogen-bond donors (Lipinski definition) is 1. The molecule has 0 atom stereocenters. The summed E-state index contributed by atoms with van der Waals surface area (Å²) in [5.74, 6) is 0. The fraction of sp³-hybridized carbons (Fsp3) is 0.200. The first-order valence-corrected chi connectivity index (χ1v) is 5.99. The second kappa shape index (κ2) is 4.67. The van der Waals surface area contributed by atoms with Gasteiger partial charge in [0.2, 0.25) is 0 Å². The third kappa shape index (κ3) is 2.43. The van der Waals surface area contributed by atoms with Crippen LogP contribution in [0.2, 0.25) is 5.15 Å². The van der Waals surface area contributed by atoms with Gasteiger partial charge in [0.25, 0.3) is 5.56 Å². The van der Waals surface area contributed by atoms with Crippen LogP contribution in [-0.2, 0) is 13.0 Å². The summed E-state index contributed by atoms with van der Waals surface area (Å²) in [5, 5.41) is 4.03. The summed E-state index contributed by atoms with van der Waals surface area (Å²) in [4.78, 5) is 25.3. The number of halogens is 1. The number of thiophene rings is 1. The highest BCUT2D eigenvalue weighted by molar-refractivity contribution is 7.07. The molecule has 0 fully saturated rings. The van der Waals surface area contributed by atoms with Gasteiger partial charge in [0.15, 0.2) is 0 Å². The van der Waals surface area contributed by atoms with Crippen molar-refractivity contribution in [2.24, 2.45) is 0 Å². The van der Waals surface area contributed by atoms with E-state index in [1.807, 2.05) is 16.8 Å². The number of nitrogens with one attached hydrogen (secondary N) is 1. The van der Waals surface area contributed by atoms with Crippen molar-refractivity contribution in [3.05, 3.63) is 54.4 Å². The second-order valence-electron chi connectivity index (χ2n) is 3.29. The van der Waals surface area contributed by atoms with Crippen molar-refractivity contribution in [3.63, 3.8) is 0 Å². The first kappa shape index (κ1) is 11.2. The van der Waals surface area contributed by atoms with E-state index in [1.54, 1.807) is 11.3 Å². The van der Waals surface area contributed by atoms with Crippen molar-refractivity contribution in [1.29, 1.82) is 0 Å². The van der Waals surface area contributed by atoms with Gasteiger partial charge in [-0.1, -0.05) is 11.6 Å². The highest BCUT2D eigenvalue weighted by Gasteiger charge is 2.03. The molecule has 16 heavy (non-hydrogen) atoms. The minimum absolute atomic E-state index is 0.0711. The zero-order chi connectivity index (χ0) is 11.5. The molecule has 84 valence electrons. The van der Waals surface area contributed by atoms with Gasteiger partial charge in [0, 0.05) is 12.6 Å². The summed E-state index contributed by atoms with van der Waals surface area (Å²) < 4.78 is 1.14. The van der Waals surface area contributed by atoms with Gasteiger partial charge in [-0.15, -0.1) is 0 Å². The van der Waals surface area contributed by atoms with Crippen LogP contribution in [0.4, 0.5) is 0 Å². The summed E-state index contributed by atoms with van der Waals surface area (Å²) in [5.41, 5.74) is 0.281. The third-order valence-corrected chi connectivity index (χ3v) is 3.13. The monoisotopic (exact) mass is 256 g/mol. The van der Waals surface area contributed by atoms with Crippen LogP contribution in [-0.4, -0.2) is 9.55 Å². The summed E-state index contributed by atoms with van der Waals surface area (Å²) in [6.07, 6.45) is 0.661. The largest absolute Gasteiger partial charge is 0.329 e. The van der Waals surface area contributed by atoms with Crippen molar-refractivity contribution in [3.8, 4) is 0 Å². The molecule has 0 aliphatic rings. The lowest BCUT2D eigenvalue weighted by Crippen LogP contribution is -2.34. The minimum atomic E-state index is -0.465. The summed E-state index contributed by atoms with van der Waals surface area (Å²) in [6, 6.07) is 3.18. The molecule has 0 saturated heterocycles. The van der Waals surface area contributed by atoms with Crippen molar-refractivity contribution >= 4 is 22.9 Å². The van der Waals surface area contributed by atoms with Crippen LogP contribution >= 0.6 is 22.9 Å². The van der Waals surface area contributed by atoms with E-state index >= 15 is 0 Å². The lowest BCUT2D eigenvalue weighted by Gasteiger charge is -2.02. The molecule has 0 aromatic carbocycles. The maximum Gasteiger partial charge on any atom is 0.329 e. The molecule has 0 unspecified atom stereocenters. The number of aromatic amines is 1. The molecule has 6 heteroatoms. The Kier molecular flexibility index (Phi) is 3.26. The molecule has 2 aromatic heterocycles. The Balaban J connectivity index is 2.22. The van der Waals surface area contributed by atoms with Gasteiger partial charge in [0.05, 0.1) is 0 Å². The first-order valence-electron chi connectivity index (χ1n) is 4.67. The van der Waals surface area contributed by atoms with Gasteiger partial charge in [-0.3, -0.25) is 14.3 Å². The fourth-order valence-electron chi connectivity index (χ4n) is 1.38. The highest BCUT2D eigenvalue weighted by atomic mass is 35.5. The molecule has 0 amide bonds. The van der Waals surface area contributed by atoms with Gasteiger partial charge in [-0.05, 0) is 28.8 Å². The van der Waals surface area contributed by atoms with E-state index in [1.165, 1.54) is 6.07 Å². The van der Waals surface area contributed by atoms with Gasteiger partial charge in [0.1, 0.15) is 5.15 Å². The van der Waals surface area contributed by atoms with Crippen LogP contribution < -0.4 is 11.2 Å². The van der Waals surface area contributed by atoms with Crippen molar-refractivity contribution in [2.75, 3.05) is 0 Å². The second-order valence-corrected chi connectivity index (χ2v) is 4.48. The number of aryl methyl sites for hydroxylation is 1. The van der Waals surface area contributed by atoms with Crippen LogP contribution in [0.25, 0.3) is 0 Å². The van der Waals surface area contributed by atoms with Crippen molar-refractivity contribution in [1.82, 2.24) is 9.55 Å². The fourth-order valence-corrected chi connectivity index (χ4v) is 2.26. The Hall–Kier alpha value is -1.33. The predicted molar refractivity (Wildman–Crippen MR) is 64.4 cm³/mol. The van der Waals surface area contributed by atoms with Crippen LogP contribution in [0.1, 0.15) is 5.56 Å². The SMILES string of the molecule is O=c1cc(Cl)[nH]c(=O)n1CCc1ccsc1. The van der Waals surface area contributed by atoms with E-state index in [9.17, 15) is 9.59 Å². The van der Waals surface area contributed by atoms with E-state index in [0.29, 0.717) is 13.0 Å². The van der Waals surface area contributed by atoms with E-state index in [2.05, 4.69) is 4.98 Å². The molecule has 0 radical (unpaired) electrons. The predicted octanol–water partition coefficient (Wildman–Crippen LogP) is 1.49. The Morgan fingerprint density at radius 2 is 2.25 bits per heavy atom. The number of aromatic nitrogens is 2. The highest BCUT2D eigenvalue weighted by Crippen LogP contribution is 2.06. The molecule has 0 saturated carbocycles. The average Bonchev–Trinajstić information content (AvgIpc) is 2.68. The van der Waals surface area contributed by atoms with Crippen LogP contribution in [0.3, 0.4) is 0 Å². The van der Waals surface area contributed by atoms with Crippen LogP contribution in [0, 0.1) is 0 Å². The summed E-state index contributed by atoms with van der Waals surface area (Å²) in [7, 11) is 0. The first-order chi connectivity index (χ1) is 7.66. The van der Waals surface area contributed by atoms with Gasteiger partial charge in [-0.25, -0.2) is 4.79 Å². The quantitative estimate of drug-likeness (QED) is 0.846. The normalized spacial score (nSPS) is 10.6. The Bertz CT molecular complexity index is 554. The molecule has 2 aromatic rings. The topological polar surface area (TPSA) is 54.9 Å².